The molecule has 1 aromatic carbocycles. The van der Waals surface area contributed by atoms with Gasteiger partial charge in [0.05, 0.1) is 12.5 Å². The Morgan fingerprint density at radius 2 is 1.96 bits per heavy atom. The number of carbonyl (C=O) groups excluding carboxylic acids is 2. The monoisotopic (exact) mass is 382 g/mol. The lowest BCUT2D eigenvalue weighted by Gasteiger charge is -2.12. The maximum Gasteiger partial charge on any atom is 0.264 e. The van der Waals surface area contributed by atoms with Gasteiger partial charge in [-0.15, -0.1) is 0 Å². The number of benzene rings is 1. The second kappa shape index (κ2) is 8.03. The number of amides is 2. The van der Waals surface area contributed by atoms with Crippen LogP contribution in [0.5, 0.6) is 0 Å². The molecule has 0 saturated heterocycles. The number of anilines is 2. The highest BCUT2D eigenvalue weighted by Crippen LogP contribution is 2.20. The summed E-state index contributed by atoms with van der Waals surface area (Å²) in [6.07, 6.45) is 3.38. The van der Waals surface area contributed by atoms with Crippen molar-refractivity contribution in [3.8, 4) is 0 Å². The van der Waals surface area contributed by atoms with Crippen LogP contribution >= 0.6 is 0 Å². The Bertz CT molecular complexity index is 1100. The molecule has 9 nitrogen and oxygen atoms in total. The van der Waals surface area contributed by atoms with Crippen molar-refractivity contribution in [3.05, 3.63) is 46.6 Å². The number of nitrogens with zero attached hydrogens (tertiary/aromatic N) is 4. The van der Waals surface area contributed by atoms with Gasteiger partial charge in [0, 0.05) is 37.8 Å². The average molecular weight is 382 g/mol. The van der Waals surface area contributed by atoms with E-state index < -0.39 is 0 Å². The summed E-state index contributed by atoms with van der Waals surface area (Å²) in [5.41, 5.74) is 2.39. The summed E-state index contributed by atoms with van der Waals surface area (Å²) >= 11 is 0. The van der Waals surface area contributed by atoms with Crippen LogP contribution in [0, 0.1) is 6.92 Å². The fourth-order valence-electron chi connectivity index (χ4n) is 2.74. The highest BCUT2D eigenvalue weighted by molar-refractivity contribution is 5.94. The first-order chi connectivity index (χ1) is 13.4. The van der Waals surface area contributed by atoms with Gasteiger partial charge in [-0.05, 0) is 24.6 Å². The van der Waals surface area contributed by atoms with Gasteiger partial charge in [0.2, 0.25) is 11.8 Å². The van der Waals surface area contributed by atoms with Crippen LogP contribution in [-0.2, 0) is 23.2 Å². The molecule has 0 saturated carbocycles. The molecule has 2 N–H and O–H groups in total. The smallest absolute Gasteiger partial charge is 0.264 e. The Morgan fingerprint density at radius 1 is 1.18 bits per heavy atom. The van der Waals surface area contributed by atoms with Gasteiger partial charge in [0.1, 0.15) is 5.39 Å². The number of aromatic nitrogens is 4. The van der Waals surface area contributed by atoms with Gasteiger partial charge < -0.3 is 10.6 Å². The number of carbonyl (C=O) groups is 2. The van der Waals surface area contributed by atoms with Crippen molar-refractivity contribution in [3.63, 3.8) is 0 Å². The molecule has 3 aromatic rings. The maximum atomic E-state index is 12.4. The predicted octanol–water partition coefficient (Wildman–Crippen LogP) is 1.82. The van der Waals surface area contributed by atoms with Crippen LogP contribution in [0.4, 0.5) is 11.4 Å². The fourth-order valence-corrected chi connectivity index (χ4v) is 2.74. The molecule has 2 aromatic heterocycles. The molecule has 0 aliphatic rings. The third kappa shape index (κ3) is 4.08. The molecule has 2 heterocycles. The first kappa shape index (κ1) is 19.3. The molecular formula is C19H22N6O3. The molecule has 0 atom stereocenters. The Hall–Kier alpha value is -3.49. The summed E-state index contributed by atoms with van der Waals surface area (Å²) in [5.74, 6) is -0.334. The molecule has 2 amide bonds. The van der Waals surface area contributed by atoms with E-state index in [2.05, 4.69) is 20.7 Å². The topological polar surface area (TPSA) is 111 Å². The second-order valence-corrected chi connectivity index (χ2v) is 6.48. The fraction of sp³-hybridized carbons (Fsp3) is 0.316. The molecule has 3 rings (SSSR count). The third-order valence-electron chi connectivity index (χ3n) is 4.41. The molecule has 28 heavy (non-hydrogen) atoms. The van der Waals surface area contributed by atoms with Gasteiger partial charge in [-0.25, -0.2) is 4.98 Å². The zero-order valence-electron chi connectivity index (χ0n) is 16.0. The van der Waals surface area contributed by atoms with E-state index in [-0.39, 0.29) is 30.3 Å². The van der Waals surface area contributed by atoms with E-state index in [1.165, 1.54) is 21.8 Å². The lowest BCUT2D eigenvalue weighted by atomic mass is 10.1. The molecular weight excluding hydrogens is 360 g/mol. The Morgan fingerprint density at radius 3 is 2.71 bits per heavy atom. The second-order valence-electron chi connectivity index (χ2n) is 6.48. The molecule has 0 spiro atoms. The summed E-state index contributed by atoms with van der Waals surface area (Å²) < 4.78 is 2.93. The SMILES string of the molecule is CCC(=O)Nc1ccc(C)c(NC(=O)CCn2cnc3c(cnn3C)c2=O)c1. The average Bonchev–Trinajstić information content (AvgIpc) is 3.05. The standard InChI is InChI=1S/C19H22N6O3/c1-4-16(26)22-13-6-5-12(2)15(9-13)23-17(27)7-8-25-11-20-18-14(19(25)28)10-21-24(18)3/h5-6,9-11H,4,7-8H2,1-3H3,(H,22,26)(H,23,27). The van der Waals surface area contributed by atoms with Gasteiger partial charge in [-0.1, -0.05) is 13.0 Å². The minimum absolute atomic E-state index is 0.0983. The van der Waals surface area contributed by atoms with Crippen LogP contribution in [0.25, 0.3) is 11.0 Å². The lowest BCUT2D eigenvalue weighted by Crippen LogP contribution is -2.23. The van der Waals surface area contributed by atoms with E-state index in [1.54, 1.807) is 26.1 Å². The van der Waals surface area contributed by atoms with Crippen LogP contribution in [-0.4, -0.2) is 31.1 Å². The van der Waals surface area contributed by atoms with Crippen LogP contribution in [0.1, 0.15) is 25.3 Å². The van der Waals surface area contributed by atoms with Crippen LogP contribution in [0.15, 0.2) is 35.5 Å². The summed E-state index contributed by atoms with van der Waals surface area (Å²) in [5, 5.41) is 10.0. The van der Waals surface area contributed by atoms with E-state index in [4.69, 9.17) is 0 Å². The van der Waals surface area contributed by atoms with E-state index >= 15 is 0 Å². The van der Waals surface area contributed by atoms with Gasteiger partial charge in [0.15, 0.2) is 5.65 Å². The highest BCUT2D eigenvalue weighted by atomic mass is 16.2. The Labute approximate surface area is 161 Å². The summed E-state index contributed by atoms with van der Waals surface area (Å²) in [7, 11) is 1.71. The van der Waals surface area contributed by atoms with Crippen LogP contribution in [0.3, 0.4) is 0 Å². The van der Waals surface area contributed by atoms with E-state index in [1.807, 2.05) is 13.0 Å². The van der Waals surface area contributed by atoms with E-state index in [0.29, 0.717) is 28.8 Å². The number of nitrogens with one attached hydrogen (secondary N) is 2. The minimum Gasteiger partial charge on any atom is -0.326 e. The Balaban J connectivity index is 1.68. The lowest BCUT2D eigenvalue weighted by molar-refractivity contribution is -0.117. The van der Waals surface area contributed by atoms with Crippen LogP contribution in [0.2, 0.25) is 0 Å². The number of hydrogen-bond donors (Lipinski definition) is 2. The number of fused-ring (bicyclic) bond motifs is 1. The van der Waals surface area contributed by atoms with Crippen molar-refractivity contribution in [1.29, 1.82) is 0 Å². The predicted molar refractivity (Wildman–Crippen MR) is 106 cm³/mol. The normalized spacial score (nSPS) is 10.8. The van der Waals surface area contributed by atoms with Crippen LogP contribution < -0.4 is 16.2 Å². The van der Waals surface area contributed by atoms with E-state index in [0.717, 1.165) is 5.56 Å². The third-order valence-corrected chi connectivity index (χ3v) is 4.41. The largest absolute Gasteiger partial charge is 0.326 e. The van der Waals surface area contributed by atoms with Gasteiger partial charge in [-0.2, -0.15) is 5.10 Å². The summed E-state index contributed by atoms with van der Waals surface area (Å²) in [6, 6.07) is 5.33. The van der Waals surface area contributed by atoms with E-state index in [9.17, 15) is 14.4 Å². The molecule has 0 aliphatic heterocycles. The van der Waals surface area contributed by atoms with Gasteiger partial charge in [-0.3, -0.25) is 23.6 Å². The maximum absolute atomic E-state index is 12.4. The first-order valence-electron chi connectivity index (χ1n) is 8.96. The van der Waals surface area contributed by atoms with Crippen molar-refractivity contribution >= 4 is 34.2 Å². The number of rotatable bonds is 6. The van der Waals surface area contributed by atoms with Gasteiger partial charge >= 0.3 is 0 Å². The molecule has 9 heteroatoms. The summed E-state index contributed by atoms with van der Waals surface area (Å²) in [6.45, 7) is 3.84. The molecule has 0 aliphatic carbocycles. The zero-order valence-corrected chi connectivity index (χ0v) is 16.0. The minimum atomic E-state index is -0.236. The Kier molecular flexibility index (Phi) is 5.53. The van der Waals surface area contributed by atoms with Gasteiger partial charge in [0.25, 0.3) is 5.56 Å². The summed E-state index contributed by atoms with van der Waals surface area (Å²) in [4.78, 5) is 40.6. The van der Waals surface area contributed by atoms with Crippen molar-refractivity contribution in [2.75, 3.05) is 10.6 Å². The van der Waals surface area contributed by atoms with Crippen molar-refractivity contribution in [2.45, 2.75) is 33.2 Å². The van der Waals surface area contributed by atoms with Crippen molar-refractivity contribution < 1.29 is 9.59 Å². The molecule has 146 valence electrons. The first-order valence-corrected chi connectivity index (χ1v) is 8.96. The van der Waals surface area contributed by atoms with Crippen molar-refractivity contribution in [1.82, 2.24) is 19.3 Å². The molecule has 0 unspecified atom stereocenters. The molecule has 0 bridgehead atoms. The number of aryl methyl sites for hydroxylation is 3. The van der Waals surface area contributed by atoms with Crippen molar-refractivity contribution in [2.24, 2.45) is 7.05 Å². The quantitative estimate of drug-likeness (QED) is 0.675. The molecule has 0 radical (unpaired) electrons. The zero-order chi connectivity index (χ0) is 20.3. The number of hydrogen-bond acceptors (Lipinski definition) is 5. The molecule has 0 fully saturated rings. The highest BCUT2D eigenvalue weighted by Gasteiger charge is 2.11.